The number of hydrogen-bond acceptors (Lipinski definition) is 4. The number of nitrogens with zero attached hydrogens (tertiary/aromatic N) is 4. The van der Waals surface area contributed by atoms with E-state index in [1.54, 1.807) is 12.4 Å². The third kappa shape index (κ3) is 3.04. The lowest BCUT2D eigenvalue weighted by molar-refractivity contribution is -0.137. The first kappa shape index (κ1) is 15.9. The van der Waals surface area contributed by atoms with E-state index in [0.717, 1.165) is 48.9 Å². The third-order valence-corrected chi connectivity index (χ3v) is 4.68. The van der Waals surface area contributed by atoms with Gasteiger partial charge in [0.05, 0.1) is 11.9 Å². The molecule has 25 heavy (non-hydrogen) atoms. The third-order valence-electron chi connectivity index (χ3n) is 4.68. The summed E-state index contributed by atoms with van der Waals surface area (Å²) in [6.07, 6.45) is 0.321. The molecule has 0 atom stereocenters. The lowest BCUT2D eigenvalue weighted by Crippen LogP contribution is -2.33. The van der Waals surface area contributed by atoms with Gasteiger partial charge in [0.2, 0.25) is 0 Å². The van der Waals surface area contributed by atoms with Crippen LogP contribution in [0.25, 0.3) is 11.2 Å². The number of aromatic amines is 1. The molecule has 0 bridgehead atoms. The maximum absolute atomic E-state index is 12.9. The van der Waals surface area contributed by atoms with Crippen molar-refractivity contribution in [1.29, 1.82) is 0 Å². The van der Waals surface area contributed by atoms with Crippen molar-refractivity contribution in [3.8, 4) is 0 Å². The molecule has 5 nitrogen and oxygen atoms in total. The highest BCUT2D eigenvalue weighted by atomic mass is 19.4. The van der Waals surface area contributed by atoms with Crippen LogP contribution in [0, 0.1) is 0 Å². The Morgan fingerprint density at radius 3 is 2.64 bits per heavy atom. The summed E-state index contributed by atoms with van der Waals surface area (Å²) in [5.74, 6) is 0.919. The van der Waals surface area contributed by atoms with Gasteiger partial charge >= 0.3 is 6.18 Å². The van der Waals surface area contributed by atoms with E-state index in [-0.39, 0.29) is 5.92 Å². The van der Waals surface area contributed by atoms with E-state index in [9.17, 15) is 13.2 Å². The van der Waals surface area contributed by atoms with E-state index >= 15 is 0 Å². The van der Waals surface area contributed by atoms with Crippen LogP contribution in [0.5, 0.6) is 0 Å². The Hall–Kier alpha value is -2.64. The molecule has 1 aliphatic rings. The van der Waals surface area contributed by atoms with E-state index in [2.05, 4.69) is 24.8 Å². The summed E-state index contributed by atoms with van der Waals surface area (Å²) in [4.78, 5) is 17.8. The van der Waals surface area contributed by atoms with Crippen molar-refractivity contribution in [3.05, 3.63) is 48.0 Å². The molecule has 0 amide bonds. The maximum atomic E-state index is 12.9. The number of alkyl halides is 3. The molecule has 4 rings (SSSR count). The zero-order valence-corrected chi connectivity index (χ0v) is 13.3. The summed E-state index contributed by atoms with van der Waals surface area (Å²) in [5.41, 5.74) is 1.58. The Labute approximate surface area is 141 Å². The van der Waals surface area contributed by atoms with Crippen molar-refractivity contribution in [2.45, 2.75) is 24.9 Å². The van der Waals surface area contributed by atoms with Crippen molar-refractivity contribution >= 4 is 17.0 Å². The predicted octanol–water partition coefficient (Wildman–Crippen LogP) is 3.76. The minimum atomic E-state index is -4.30. The minimum absolute atomic E-state index is 0.123. The van der Waals surface area contributed by atoms with Crippen LogP contribution in [-0.2, 0) is 6.18 Å². The molecule has 2 aromatic heterocycles. The number of benzene rings is 1. The monoisotopic (exact) mass is 347 g/mol. The van der Waals surface area contributed by atoms with Crippen molar-refractivity contribution in [2.24, 2.45) is 0 Å². The second-order valence-corrected chi connectivity index (χ2v) is 6.18. The van der Waals surface area contributed by atoms with Gasteiger partial charge in [-0.05, 0) is 30.4 Å². The summed E-state index contributed by atoms with van der Waals surface area (Å²) in [6, 6.07) is 5.67. The van der Waals surface area contributed by atoms with Gasteiger partial charge in [-0.1, -0.05) is 18.2 Å². The van der Waals surface area contributed by atoms with Crippen LogP contribution >= 0.6 is 0 Å². The number of imidazole rings is 1. The predicted molar refractivity (Wildman–Crippen MR) is 87.3 cm³/mol. The van der Waals surface area contributed by atoms with Gasteiger partial charge in [0.1, 0.15) is 11.8 Å². The number of hydrogen-bond donors (Lipinski definition) is 1. The Kier molecular flexibility index (Phi) is 3.82. The summed E-state index contributed by atoms with van der Waals surface area (Å²) < 4.78 is 38.7. The average molecular weight is 347 g/mol. The zero-order chi connectivity index (χ0) is 17.4. The Bertz CT molecular complexity index is 881. The van der Waals surface area contributed by atoms with Crippen LogP contribution in [-0.4, -0.2) is 33.0 Å². The molecule has 0 radical (unpaired) electrons. The molecular formula is C17H16F3N5. The second kappa shape index (κ2) is 6.02. The van der Waals surface area contributed by atoms with Gasteiger partial charge in [-0.25, -0.2) is 15.0 Å². The average Bonchev–Trinajstić information content (AvgIpc) is 3.10. The normalized spacial score (nSPS) is 16.5. The Morgan fingerprint density at radius 1 is 1.08 bits per heavy atom. The minimum Gasteiger partial charge on any atom is -0.355 e. The fourth-order valence-electron chi connectivity index (χ4n) is 3.39. The van der Waals surface area contributed by atoms with Crippen LogP contribution in [0.1, 0.15) is 29.9 Å². The SMILES string of the molecule is FC(F)(F)c1cccc(C2CCN(c3ncnc4nc[nH]c34)CC2)c1. The standard InChI is InChI=1S/C17H16F3N5/c18-17(19,20)13-3-1-2-12(8-13)11-4-6-25(7-5-11)16-14-15(22-9-21-14)23-10-24-16/h1-3,8-11H,4-7H2,(H,21,22,23,24). The molecule has 1 N–H and O–H groups in total. The van der Waals surface area contributed by atoms with Gasteiger partial charge in [-0.3, -0.25) is 0 Å². The van der Waals surface area contributed by atoms with Gasteiger partial charge in [0, 0.05) is 13.1 Å². The van der Waals surface area contributed by atoms with Crippen LogP contribution in [0.3, 0.4) is 0 Å². The number of rotatable bonds is 2. The van der Waals surface area contributed by atoms with Crippen molar-refractivity contribution < 1.29 is 13.2 Å². The first-order valence-corrected chi connectivity index (χ1v) is 8.08. The Morgan fingerprint density at radius 2 is 1.88 bits per heavy atom. The van der Waals surface area contributed by atoms with Crippen molar-refractivity contribution in [2.75, 3.05) is 18.0 Å². The number of H-pyrrole nitrogens is 1. The quantitative estimate of drug-likeness (QED) is 0.767. The highest BCUT2D eigenvalue weighted by molar-refractivity contribution is 5.82. The first-order chi connectivity index (χ1) is 12.0. The first-order valence-electron chi connectivity index (χ1n) is 8.08. The summed E-state index contributed by atoms with van der Waals surface area (Å²) in [7, 11) is 0. The highest BCUT2D eigenvalue weighted by Crippen LogP contribution is 2.35. The topological polar surface area (TPSA) is 57.7 Å². The van der Waals surface area contributed by atoms with E-state index in [0.29, 0.717) is 5.65 Å². The molecule has 0 spiro atoms. The Balaban J connectivity index is 1.51. The van der Waals surface area contributed by atoms with Crippen LogP contribution in [0.2, 0.25) is 0 Å². The molecule has 8 heteroatoms. The molecule has 3 aromatic rings. The molecule has 3 heterocycles. The fourth-order valence-corrected chi connectivity index (χ4v) is 3.39. The fraction of sp³-hybridized carbons (Fsp3) is 0.353. The molecule has 1 saturated heterocycles. The summed E-state index contributed by atoms with van der Waals surface area (Å²) >= 11 is 0. The molecular weight excluding hydrogens is 331 g/mol. The van der Waals surface area contributed by atoms with Gasteiger partial charge in [-0.15, -0.1) is 0 Å². The smallest absolute Gasteiger partial charge is 0.355 e. The van der Waals surface area contributed by atoms with Gasteiger partial charge in [0.25, 0.3) is 0 Å². The number of aromatic nitrogens is 4. The number of piperidine rings is 1. The highest BCUT2D eigenvalue weighted by Gasteiger charge is 2.31. The van der Waals surface area contributed by atoms with Gasteiger partial charge < -0.3 is 9.88 Å². The molecule has 0 aliphatic carbocycles. The number of halogens is 3. The number of fused-ring (bicyclic) bond motifs is 1. The van der Waals surface area contributed by atoms with Gasteiger partial charge in [-0.2, -0.15) is 13.2 Å². The molecule has 0 saturated carbocycles. The molecule has 0 unspecified atom stereocenters. The van der Waals surface area contributed by atoms with Crippen molar-refractivity contribution in [1.82, 2.24) is 19.9 Å². The molecule has 1 aliphatic heterocycles. The second-order valence-electron chi connectivity index (χ2n) is 6.18. The molecule has 130 valence electrons. The number of anilines is 1. The molecule has 1 fully saturated rings. The van der Waals surface area contributed by atoms with Crippen LogP contribution in [0.15, 0.2) is 36.9 Å². The van der Waals surface area contributed by atoms with E-state index in [1.807, 2.05) is 0 Å². The molecule has 1 aromatic carbocycles. The van der Waals surface area contributed by atoms with Crippen molar-refractivity contribution in [3.63, 3.8) is 0 Å². The lowest BCUT2D eigenvalue weighted by Gasteiger charge is -2.33. The van der Waals surface area contributed by atoms with Crippen LogP contribution in [0.4, 0.5) is 19.0 Å². The van der Waals surface area contributed by atoms with E-state index < -0.39 is 11.7 Å². The van der Waals surface area contributed by atoms with Gasteiger partial charge in [0.15, 0.2) is 11.5 Å². The zero-order valence-electron chi connectivity index (χ0n) is 13.3. The largest absolute Gasteiger partial charge is 0.416 e. The van der Waals surface area contributed by atoms with E-state index in [4.69, 9.17) is 0 Å². The van der Waals surface area contributed by atoms with E-state index in [1.165, 1.54) is 18.5 Å². The van der Waals surface area contributed by atoms with Crippen LogP contribution < -0.4 is 4.90 Å². The summed E-state index contributed by atoms with van der Waals surface area (Å²) in [6.45, 7) is 1.46. The maximum Gasteiger partial charge on any atom is 0.416 e. The summed E-state index contributed by atoms with van der Waals surface area (Å²) in [5, 5.41) is 0. The lowest BCUT2D eigenvalue weighted by atomic mass is 9.88. The number of nitrogens with one attached hydrogen (secondary N) is 1.